The molecule has 7 nitrogen and oxygen atoms in total. The number of benzene rings is 1. The number of hydrogen-bond donors (Lipinski definition) is 1. The Kier molecular flexibility index (Phi) is 5.43. The highest BCUT2D eigenvalue weighted by atomic mass is 16.4. The van der Waals surface area contributed by atoms with Gasteiger partial charge in [0.15, 0.2) is 0 Å². The summed E-state index contributed by atoms with van der Waals surface area (Å²) < 4.78 is 5.74. The van der Waals surface area contributed by atoms with Crippen LogP contribution in [0.5, 0.6) is 0 Å². The van der Waals surface area contributed by atoms with E-state index >= 15 is 0 Å². The lowest BCUT2D eigenvalue weighted by molar-refractivity contribution is 0.129. The van der Waals surface area contributed by atoms with Crippen molar-refractivity contribution in [2.45, 2.75) is 19.9 Å². The number of nitrogens with zero attached hydrogens (tertiary/aromatic N) is 4. The molecule has 1 aliphatic heterocycles. The van der Waals surface area contributed by atoms with Crippen molar-refractivity contribution in [2.75, 3.05) is 32.7 Å². The summed E-state index contributed by atoms with van der Waals surface area (Å²) >= 11 is 0. The van der Waals surface area contributed by atoms with Crippen molar-refractivity contribution in [3.63, 3.8) is 0 Å². The molecule has 2 heterocycles. The van der Waals surface area contributed by atoms with E-state index in [2.05, 4.69) is 20.4 Å². The molecule has 1 aliphatic rings. The van der Waals surface area contributed by atoms with Gasteiger partial charge in [-0.15, -0.1) is 10.2 Å². The van der Waals surface area contributed by atoms with Crippen molar-refractivity contribution in [3.8, 4) is 11.5 Å². The molecule has 0 bridgehead atoms. The summed E-state index contributed by atoms with van der Waals surface area (Å²) in [5, 5.41) is 11.2. The van der Waals surface area contributed by atoms with Gasteiger partial charge in [0.2, 0.25) is 11.8 Å². The molecular formula is C17H23N5O2. The number of rotatable bonds is 5. The Balaban J connectivity index is 1.50. The molecule has 0 aliphatic carbocycles. The van der Waals surface area contributed by atoms with Crippen molar-refractivity contribution in [1.29, 1.82) is 0 Å². The highest BCUT2D eigenvalue weighted by Gasteiger charge is 2.22. The van der Waals surface area contributed by atoms with Crippen LogP contribution in [0.4, 0.5) is 4.79 Å². The molecule has 7 heteroatoms. The summed E-state index contributed by atoms with van der Waals surface area (Å²) in [4.78, 5) is 16.0. The van der Waals surface area contributed by atoms with Crippen LogP contribution >= 0.6 is 0 Å². The van der Waals surface area contributed by atoms with Crippen LogP contribution in [-0.4, -0.2) is 58.8 Å². The second-order valence-electron chi connectivity index (χ2n) is 5.86. The zero-order valence-corrected chi connectivity index (χ0v) is 13.9. The van der Waals surface area contributed by atoms with Gasteiger partial charge in [-0.05, 0) is 18.6 Å². The van der Waals surface area contributed by atoms with Crippen LogP contribution in [0.15, 0.2) is 34.7 Å². The minimum absolute atomic E-state index is 0.0284. The van der Waals surface area contributed by atoms with Crippen molar-refractivity contribution in [1.82, 2.24) is 25.3 Å². The maximum absolute atomic E-state index is 11.9. The molecule has 1 aromatic heterocycles. The van der Waals surface area contributed by atoms with Gasteiger partial charge in [-0.1, -0.05) is 25.1 Å². The van der Waals surface area contributed by atoms with E-state index in [0.717, 1.165) is 44.7 Å². The molecule has 1 saturated heterocycles. The predicted molar refractivity (Wildman–Crippen MR) is 90.3 cm³/mol. The fourth-order valence-electron chi connectivity index (χ4n) is 2.66. The number of aromatic nitrogens is 2. The zero-order chi connectivity index (χ0) is 16.8. The summed E-state index contributed by atoms with van der Waals surface area (Å²) in [5.74, 6) is 1.15. The van der Waals surface area contributed by atoms with Crippen LogP contribution in [0.1, 0.15) is 19.2 Å². The van der Waals surface area contributed by atoms with Gasteiger partial charge in [-0.2, -0.15) is 0 Å². The lowest BCUT2D eigenvalue weighted by atomic mass is 10.2. The third-order valence-electron chi connectivity index (χ3n) is 4.03. The normalized spacial score (nSPS) is 15.5. The monoisotopic (exact) mass is 329 g/mol. The Labute approximate surface area is 141 Å². The van der Waals surface area contributed by atoms with Gasteiger partial charge in [-0.25, -0.2) is 4.79 Å². The summed E-state index contributed by atoms with van der Waals surface area (Å²) in [6.45, 7) is 6.44. The van der Waals surface area contributed by atoms with Gasteiger partial charge >= 0.3 is 6.03 Å². The number of nitrogens with one attached hydrogen (secondary N) is 1. The van der Waals surface area contributed by atoms with Gasteiger partial charge in [0.05, 0.1) is 6.54 Å². The van der Waals surface area contributed by atoms with Gasteiger partial charge in [0.25, 0.3) is 0 Å². The summed E-state index contributed by atoms with van der Waals surface area (Å²) in [7, 11) is 0. The van der Waals surface area contributed by atoms with Crippen LogP contribution in [0.25, 0.3) is 11.5 Å². The molecule has 0 spiro atoms. The fourth-order valence-corrected chi connectivity index (χ4v) is 2.66. The smallest absolute Gasteiger partial charge is 0.317 e. The Morgan fingerprint density at radius 1 is 1.17 bits per heavy atom. The van der Waals surface area contributed by atoms with Crippen LogP contribution in [0, 0.1) is 0 Å². The third-order valence-corrected chi connectivity index (χ3v) is 4.03. The number of hydrogen-bond acceptors (Lipinski definition) is 5. The summed E-state index contributed by atoms with van der Waals surface area (Å²) in [5.41, 5.74) is 0.925. The Hall–Kier alpha value is -2.41. The first kappa shape index (κ1) is 16.4. The zero-order valence-electron chi connectivity index (χ0n) is 13.9. The SMILES string of the molecule is CCCNC(=O)N1CCN(Cc2nnc(-c3ccccc3)o2)CC1. The maximum atomic E-state index is 11.9. The molecule has 0 unspecified atom stereocenters. The van der Waals surface area contributed by atoms with E-state index in [1.54, 1.807) is 0 Å². The number of carbonyl (C=O) groups is 1. The molecule has 2 amide bonds. The third kappa shape index (κ3) is 4.11. The topological polar surface area (TPSA) is 74.5 Å². The largest absolute Gasteiger partial charge is 0.419 e. The van der Waals surface area contributed by atoms with E-state index in [1.165, 1.54) is 0 Å². The molecule has 0 saturated carbocycles. The first-order valence-corrected chi connectivity index (χ1v) is 8.39. The Morgan fingerprint density at radius 3 is 2.62 bits per heavy atom. The Bertz CT molecular complexity index is 650. The van der Waals surface area contributed by atoms with Gasteiger partial charge in [-0.3, -0.25) is 4.90 Å². The van der Waals surface area contributed by atoms with E-state index < -0.39 is 0 Å². The lowest BCUT2D eigenvalue weighted by Gasteiger charge is -2.33. The molecular weight excluding hydrogens is 306 g/mol. The highest BCUT2D eigenvalue weighted by Crippen LogP contribution is 2.18. The van der Waals surface area contributed by atoms with Gasteiger partial charge in [0, 0.05) is 38.3 Å². The number of urea groups is 1. The quantitative estimate of drug-likeness (QED) is 0.908. The van der Waals surface area contributed by atoms with Gasteiger partial charge in [0.1, 0.15) is 0 Å². The summed E-state index contributed by atoms with van der Waals surface area (Å²) in [6.07, 6.45) is 0.951. The maximum Gasteiger partial charge on any atom is 0.317 e. The predicted octanol–water partition coefficient (Wildman–Crippen LogP) is 1.97. The van der Waals surface area contributed by atoms with Crippen molar-refractivity contribution in [2.24, 2.45) is 0 Å². The molecule has 1 N–H and O–H groups in total. The van der Waals surface area contributed by atoms with Crippen molar-refractivity contribution in [3.05, 3.63) is 36.2 Å². The highest BCUT2D eigenvalue weighted by molar-refractivity contribution is 5.74. The molecule has 128 valence electrons. The average Bonchev–Trinajstić information content (AvgIpc) is 3.09. The van der Waals surface area contributed by atoms with Crippen LogP contribution in [0.3, 0.4) is 0 Å². The van der Waals surface area contributed by atoms with Crippen LogP contribution in [-0.2, 0) is 6.54 Å². The Morgan fingerprint density at radius 2 is 1.92 bits per heavy atom. The first-order chi connectivity index (χ1) is 11.8. The molecule has 2 aromatic rings. The first-order valence-electron chi connectivity index (χ1n) is 8.39. The van der Waals surface area contributed by atoms with Crippen molar-refractivity contribution >= 4 is 6.03 Å². The minimum atomic E-state index is 0.0284. The molecule has 1 fully saturated rings. The van der Waals surface area contributed by atoms with E-state index in [1.807, 2.05) is 42.2 Å². The molecule has 0 atom stereocenters. The molecule has 3 rings (SSSR count). The minimum Gasteiger partial charge on any atom is -0.419 e. The van der Waals surface area contributed by atoms with E-state index in [-0.39, 0.29) is 6.03 Å². The van der Waals surface area contributed by atoms with E-state index in [4.69, 9.17) is 4.42 Å². The average molecular weight is 329 g/mol. The second kappa shape index (κ2) is 7.92. The molecule has 1 aromatic carbocycles. The van der Waals surface area contributed by atoms with Gasteiger partial charge < -0.3 is 14.6 Å². The molecule has 0 radical (unpaired) electrons. The van der Waals surface area contributed by atoms with Crippen LogP contribution < -0.4 is 5.32 Å². The van der Waals surface area contributed by atoms with Crippen LogP contribution in [0.2, 0.25) is 0 Å². The summed E-state index contributed by atoms with van der Waals surface area (Å²) in [6, 6.07) is 9.78. The number of piperazine rings is 1. The number of amides is 2. The standard InChI is InChI=1S/C17H23N5O2/c1-2-8-18-17(23)22-11-9-21(10-12-22)13-15-19-20-16(24-15)14-6-4-3-5-7-14/h3-7H,2,8-13H2,1H3,(H,18,23). The lowest BCUT2D eigenvalue weighted by Crippen LogP contribution is -2.51. The molecule has 24 heavy (non-hydrogen) atoms. The van der Waals surface area contributed by atoms with E-state index in [9.17, 15) is 4.79 Å². The van der Waals surface area contributed by atoms with E-state index in [0.29, 0.717) is 18.3 Å². The number of carbonyl (C=O) groups excluding carboxylic acids is 1. The second-order valence-corrected chi connectivity index (χ2v) is 5.86. The van der Waals surface area contributed by atoms with Crippen molar-refractivity contribution < 1.29 is 9.21 Å². The fraction of sp³-hybridized carbons (Fsp3) is 0.471.